The van der Waals surface area contributed by atoms with Crippen molar-refractivity contribution in [2.75, 3.05) is 0 Å². The second kappa shape index (κ2) is 35.1. The molecule has 8 heteroatoms. The Morgan fingerprint density at radius 2 is 0.514 bits per heavy atom. The number of aliphatic imine (C=N–C) groups is 2. The molecule has 0 atom stereocenters. The SMILES string of the molecule is CC(/C=C(/C)[N-]c1c(C(C)C)cccc1C(C)C)=Nc1c(C(C)C)cccc1C(C)C.CC(/C=C(/C)[N-]c1c(C(C)C)cccc1C(C)C)=Nc1c(C(C)C)cccc1C(C)C.CC(C)[O-].CC(C)[O-].[Mg+2].[Mg+2]. The first kappa shape index (κ1) is 70.8. The summed E-state index contributed by atoms with van der Waals surface area (Å²) in [6.45, 7) is 50.6. The molecule has 0 aliphatic heterocycles. The van der Waals surface area contributed by atoms with Gasteiger partial charge in [0.15, 0.2) is 0 Å². The molecule has 388 valence electrons. The average molecular weight is 1000 g/mol. The Hall–Kier alpha value is -3.25. The van der Waals surface area contributed by atoms with Crippen molar-refractivity contribution in [2.24, 2.45) is 9.98 Å². The quantitative estimate of drug-likeness (QED) is 0.0825. The molecule has 0 fully saturated rings. The minimum atomic E-state index is -0.417. The van der Waals surface area contributed by atoms with E-state index < -0.39 is 12.2 Å². The second-order valence-corrected chi connectivity index (χ2v) is 21.8. The Morgan fingerprint density at radius 1 is 0.347 bits per heavy atom. The van der Waals surface area contributed by atoms with E-state index >= 15 is 0 Å². The van der Waals surface area contributed by atoms with Gasteiger partial charge in [0.1, 0.15) is 0 Å². The van der Waals surface area contributed by atoms with Crippen LogP contribution < -0.4 is 10.2 Å². The van der Waals surface area contributed by atoms with Gasteiger partial charge in [0.25, 0.3) is 0 Å². The molecule has 6 nitrogen and oxygen atoms in total. The number of nitrogens with zero attached hydrogens (tertiary/aromatic N) is 4. The molecule has 4 rings (SSSR count). The van der Waals surface area contributed by atoms with Gasteiger partial charge in [0.2, 0.25) is 0 Å². The molecule has 72 heavy (non-hydrogen) atoms. The van der Waals surface area contributed by atoms with Crippen molar-refractivity contribution in [3.05, 3.63) is 151 Å². The molecule has 0 amide bonds. The Balaban J connectivity index is 0. The first-order chi connectivity index (χ1) is 32.5. The predicted molar refractivity (Wildman–Crippen MR) is 319 cm³/mol. The van der Waals surface area contributed by atoms with Gasteiger partial charge in [-0.2, -0.15) is 11.4 Å². The van der Waals surface area contributed by atoms with Gasteiger partial charge < -0.3 is 20.8 Å². The van der Waals surface area contributed by atoms with Crippen LogP contribution in [0.3, 0.4) is 0 Å². The van der Waals surface area contributed by atoms with Gasteiger partial charge in [0, 0.05) is 11.4 Å². The monoisotopic (exact) mass is 1000 g/mol. The van der Waals surface area contributed by atoms with Crippen molar-refractivity contribution in [3.8, 4) is 0 Å². The summed E-state index contributed by atoms with van der Waals surface area (Å²) in [6, 6.07) is 26.3. The Labute approximate surface area is 474 Å². The molecule has 0 aliphatic rings. The van der Waals surface area contributed by atoms with Gasteiger partial charge in [-0.15, -0.1) is 23.6 Å². The molecule has 0 radical (unpaired) electrons. The molecule has 0 saturated heterocycles. The number of rotatable bonds is 16. The molecule has 0 heterocycles. The Bertz CT molecular complexity index is 2050. The predicted octanol–water partition coefficient (Wildman–Crippen LogP) is 18.5. The van der Waals surface area contributed by atoms with E-state index in [-0.39, 0.29) is 46.1 Å². The zero-order valence-electron chi connectivity index (χ0n) is 49.9. The minimum absolute atomic E-state index is 0. The third-order valence-corrected chi connectivity index (χ3v) is 11.4. The van der Waals surface area contributed by atoms with Gasteiger partial charge in [-0.1, -0.05) is 260 Å². The van der Waals surface area contributed by atoms with Crippen LogP contribution in [0.4, 0.5) is 22.7 Å². The van der Waals surface area contributed by atoms with Gasteiger partial charge >= 0.3 is 46.1 Å². The van der Waals surface area contributed by atoms with E-state index in [1.807, 2.05) is 0 Å². The van der Waals surface area contributed by atoms with Crippen molar-refractivity contribution < 1.29 is 10.2 Å². The Kier molecular flexibility index (Phi) is 34.5. The smallest absolute Gasteiger partial charge is 0.852 e. The van der Waals surface area contributed by atoms with Crippen molar-refractivity contribution in [3.63, 3.8) is 0 Å². The van der Waals surface area contributed by atoms with Crippen molar-refractivity contribution in [1.29, 1.82) is 0 Å². The fraction of sp³-hybridized carbons (Fsp3) is 0.531. The van der Waals surface area contributed by atoms with Crippen molar-refractivity contribution in [2.45, 2.75) is 226 Å². The van der Waals surface area contributed by atoms with Crippen LogP contribution in [0.25, 0.3) is 10.6 Å². The summed E-state index contributed by atoms with van der Waals surface area (Å²) in [6.07, 6.45) is 3.39. The number of para-hydroxylation sites is 4. The van der Waals surface area contributed by atoms with E-state index in [0.717, 1.165) is 45.6 Å². The van der Waals surface area contributed by atoms with E-state index in [0.29, 0.717) is 47.3 Å². The number of allylic oxidation sites excluding steroid dienone is 4. The van der Waals surface area contributed by atoms with E-state index in [1.54, 1.807) is 27.7 Å². The molecule has 0 aliphatic carbocycles. The number of hydrogen-bond acceptors (Lipinski definition) is 4. The van der Waals surface area contributed by atoms with Crippen LogP contribution >= 0.6 is 0 Å². The third-order valence-electron chi connectivity index (χ3n) is 11.4. The summed E-state index contributed by atoms with van der Waals surface area (Å²) in [5, 5.41) is 29.2. The van der Waals surface area contributed by atoms with E-state index in [2.05, 4.69) is 223 Å². The maximum absolute atomic E-state index is 9.53. The molecular weight excluding hydrogens is 905 g/mol. The molecule has 4 aromatic carbocycles. The maximum atomic E-state index is 9.53. The molecule has 0 spiro atoms. The molecule has 4 aromatic rings. The molecule has 0 unspecified atom stereocenters. The third kappa shape index (κ3) is 24.4. The van der Waals surface area contributed by atoms with Crippen LogP contribution in [0.5, 0.6) is 0 Å². The zero-order chi connectivity index (χ0) is 53.7. The van der Waals surface area contributed by atoms with Crippen molar-refractivity contribution >= 4 is 80.3 Å². The molecular formula is C64H96Mg2N4O2. The second-order valence-electron chi connectivity index (χ2n) is 21.8. The Morgan fingerprint density at radius 3 is 0.681 bits per heavy atom. The summed E-state index contributed by atoms with van der Waals surface area (Å²) in [7, 11) is 0. The standard InChI is InChI=1S/2C29H41N2.2C3H7O.2Mg/c2*1-18(2)24-13-11-14-25(19(3)4)28(24)30-22(9)17-23(10)31-29-26(20(5)6)15-12-16-27(29)21(7)8;2*1-3(2)4;;/h2*11-21H,1-10H3;2*3H,1-2H3;;/q4*-1;2*+2/b2*22-17-,31-23?;;;;. The van der Waals surface area contributed by atoms with Crippen molar-refractivity contribution in [1.82, 2.24) is 0 Å². The molecule has 0 bridgehead atoms. The largest absolute Gasteiger partial charge is 2.00 e. The first-order valence-electron chi connectivity index (χ1n) is 26.2. The first-order valence-corrected chi connectivity index (χ1v) is 26.2. The van der Waals surface area contributed by atoms with Crippen LogP contribution in [-0.2, 0) is 0 Å². The summed E-state index contributed by atoms with van der Waals surface area (Å²) in [5.41, 5.74) is 18.9. The summed E-state index contributed by atoms with van der Waals surface area (Å²) in [5.74, 6) is 3.49. The topological polar surface area (TPSA) is 99.0 Å². The molecule has 0 N–H and O–H groups in total. The molecule has 0 aromatic heterocycles. The molecule has 0 saturated carbocycles. The van der Waals surface area contributed by atoms with E-state index in [1.165, 1.54) is 44.5 Å². The van der Waals surface area contributed by atoms with Crippen LogP contribution in [0.15, 0.2) is 106 Å². The normalized spacial score (nSPS) is 12.3. The van der Waals surface area contributed by atoms with Gasteiger partial charge in [-0.3, -0.25) is 9.98 Å². The minimum Gasteiger partial charge on any atom is -0.852 e. The van der Waals surface area contributed by atoms with Crippen LogP contribution in [0.1, 0.15) is 258 Å². The number of benzene rings is 4. The van der Waals surface area contributed by atoms with E-state index in [9.17, 15) is 10.2 Å². The van der Waals surface area contributed by atoms with Gasteiger partial charge in [0.05, 0.1) is 11.4 Å². The zero-order valence-corrected chi connectivity index (χ0v) is 52.7. The fourth-order valence-electron chi connectivity index (χ4n) is 8.00. The summed E-state index contributed by atoms with van der Waals surface area (Å²) >= 11 is 0. The summed E-state index contributed by atoms with van der Waals surface area (Å²) < 4.78 is 0. The van der Waals surface area contributed by atoms with E-state index in [4.69, 9.17) is 20.6 Å². The van der Waals surface area contributed by atoms with Crippen LogP contribution in [0.2, 0.25) is 0 Å². The fourth-order valence-corrected chi connectivity index (χ4v) is 8.00. The van der Waals surface area contributed by atoms with Crippen LogP contribution in [-0.4, -0.2) is 69.7 Å². The average Bonchev–Trinajstić information content (AvgIpc) is 3.22. The number of hydrogen-bond donors (Lipinski definition) is 0. The van der Waals surface area contributed by atoms with Crippen LogP contribution in [0, 0.1) is 0 Å². The van der Waals surface area contributed by atoms with Gasteiger partial charge in [-0.25, -0.2) is 0 Å². The maximum Gasteiger partial charge on any atom is 2.00 e. The summed E-state index contributed by atoms with van der Waals surface area (Å²) in [4.78, 5) is 10.2. The van der Waals surface area contributed by atoms with Gasteiger partial charge in [-0.05, 0) is 83.4 Å².